The summed E-state index contributed by atoms with van der Waals surface area (Å²) in [7, 11) is -3.39. The molecule has 1 fully saturated rings. The van der Waals surface area contributed by atoms with Gasteiger partial charge >= 0.3 is 0 Å². The lowest BCUT2D eigenvalue weighted by Crippen LogP contribution is -2.46. The van der Waals surface area contributed by atoms with Crippen LogP contribution in [-0.4, -0.2) is 52.2 Å². The van der Waals surface area contributed by atoms with Crippen LogP contribution in [0.3, 0.4) is 0 Å². The molecule has 1 aromatic carbocycles. The average Bonchev–Trinajstić information content (AvgIpc) is 2.56. The summed E-state index contributed by atoms with van der Waals surface area (Å²) in [6.45, 7) is 4.63. The number of hydrogen-bond donors (Lipinski definition) is 1. The molecule has 124 valence electrons. The third-order valence-electron chi connectivity index (χ3n) is 3.55. The van der Waals surface area contributed by atoms with E-state index >= 15 is 0 Å². The highest BCUT2D eigenvalue weighted by molar-refractivity contribution is 7.87. The maximum absolute atomic E-state index is 12.0. The highest BCUT2D eigenvalue weighted by Crippen LogP contribution is 2.15. The predicted molar refractivity (Wildman–Crippen MR) is 84.7 cm³/mol. The number of ether oxygens (including phenoxy) is 2. The lowest BCUT2D eigenvalue weighted by Gasteiger charge is -2.26. The summed E-state index contributed by atoms with van der Waals surface area (Å²) >= 11 is 0. The molecule has 0 unspecified atom stereocenters. The molecular weight excluding hydrogens is 304 g/mol. The van der Waals surface area contributed by atoms with Crippen LogP contribution in [0, 0.1) is 0 Å². The SMILES string of the molecule is C[C@@H](OCCCNS(=O)(=O)N1CCOCC1)c1ccccc1. The van der Waals surface area contributed by atoms with Gasteiger partial charge in [-0.1, -0.05) is 30.3 Å². The van der Waals surface area contributed by atoms with Crippen molar-refractivity contribution in [2.75, 3.05) is 39.5 Å². The minimum absolute atomic E-state index is 0.0112. The predicted octanol–water partition coefficient (Wildman–Crippen LogP) is 1.32. The van der Waals surface area contributed by atoms with Crippen LogP contribution in [0.5, 0.6) is 0 Å². The maximum Gasteiger partial charge on any atom is 0.279 e. The zero-order valence-electron chi connectivity index (χ0n) is 12.9. The number of nitrogens with zero attached hydrogens (tertiary/aromatic N) is 1. The van der Waals surface area contributed by atoms with Crippen molar-refractivity contribution in [1.82, 2.24) is 9.03 Å². The van der Waals surface area contributed by atoms with Gasteiger partial charge in [-0.3, -0.25) is 0 Å². The molecule has 0 aromatic heterocycles. The van der Waals surface area contributed by atoms with E-state index < -0.39 is 10.2 Å². The first kappa shape index (κ1) is 17.4. The standard InChI is InChI=1S/C15H24N2O4S/c1-14(15-6-3-2-4-7-15)21-11-5-8-16-22(18,19)17-9-12-20-13-10-17/h2-4,6-7,14,16H,5,8-13H2,1H3/t14-/m1/s1. The first-order valence-corrected chi connectivity index (χ1v) is 9.02. The minimum Gasteiger partial charge on any atom is -0.379 e. The summed E-state index contributed by atoms with van der Waals surface area (Å²) in [5.41, 5.74) is 1.12. The van der Waals surface area contributed by atoms with Gasteiger partial charge in [-0.05, 0) is 18.9 Å². The van der Waals surface area contributed by atoms with Gasteiger partial charge in [0.2, 0.25) is 0 Å². The lowest BCUT2D eigenvalue weighted by atomic mass is 10.1. The summed E-state index contributed by atoms with van der Waals surface area (Å²) in [4.78, 5) is 0. The number of rotatable bonds is 8. The molecule has 0 spiro atoms. The second-order valence-electron chi connectivity index (χ2n) is 5.19. The van der Waals surface area contributed by atoms with Crippen molar-refractivity contribution in [3.05, 3.63) is 35.9 Å². The van der Waals surface area contributed by atoms with Gasteiger partial charge in [0.05, 0.1) is 19.3 Å². The van der Waals surface area contributed by atoms with E-state index in [1.165, 1.54) is 4.31 Å². The van der Waals surface area contributed by atoms with Crippen LogP contribution in [0.1, 0.15) is 25.0 Å². The summed E-state index contributed by atoms with van der Waals surface area (Å²) in [6, 6.07) is 9.96. The Morgan fingerprint density at radius 3 is 2.64 bits per heavy atom. The molecule has 1 N–H and O–H groups in total. The van der Waals surface area contributed by atoms with Gasteiger partial charge in [-0.25, -0.2) is 4.72 Å². The Kier molecular flexibility index (Phi) is 6.78. The fraction of sp³-hybridized carbons (Fsp3) is 0.600. The molecule has 0 amide bonds. The van der Waals surface area contributed by atoms with Crippen LogP contribution >= 0.6 is 0 Å². The van der Waals surface area contributed by atoms with Crippen LogP contribution in [-0.2, 0) is 19.7 Å². The Morgan fingerprint density at radius 1 is 1.27 bits per heavy atom. The summed E-state index contributed by atoms with van der Waals surface area (Å²) in [5.74, 6) is 0. The highest BCUT2D eigenvalue weighted by Gasteiger charge is 2.23. The van der Waals surface area contributed by atoms with Crippen molar-refractivity contribution in [3.8, 4) is 0 Å². The number of nitrogens with one attached hydrogen (secondary N) is 1. The molecule has 1 aliphatic rings. The van der Waals surface area contributed by atoms with Gasteiger partial charge in [0.25, 0.3) is 10.2 Å². The Hall–Kier alpha value is -0.990. The maximum atomic E-state index is 12.0. The van der Waals surface area contributed by atoms with E-state index in [1.54, 1.807) is 0 Å². The summed E-state index contributed by atoms with van der Waals surface area (Å²) < 4.78 is 38.9. The van der Waals surface area contributed by atoms with Gasteiger partial charge in [0, 0.05) is 26.2 Å². The molecule has 1 heterocycles. The normalized spacial score (nSPS) is 18.2. The molecule has 2 rings (SSSR count). The van der Waals surface area contributed by atoms with Crippen LogP contribution in [0.25, 0.3) is 0 Å². The van der Waals surface area contributed by atoms with E-state index in [-0.39, 0.29) is 6.10 Å². The molecule has 1 saturated heterocycles. The largest absolute Gasteiger partial charge is 0.379 e. The molecule has 1 aliphatic heterocycles. The lowest BCUT2D eigenvalue weighted by molar-refractivity contribution is 0.0641. The second kappa shape index (κ2) is 8.59. The van der Waals surface area contributed by atoms with Crippen LogP contribution in [0.2, 0.25) is 0 Å². The average molecular weight is 328 g/mol. The molecule has 1 aromatic rings. The van der Waals surface area contributed by atoms with Crippen molar-refractivity contribution >= 4 is 10.2 Å². The second-order valence-corrected chi connectivity index (χ2v) is 6.94. The van der Waals surface area contributed by atoms with Crippen molar-refractivity contribution < 1.29 is 17.9 Å². The van der Waals surface area contributed by atoms with Crippen LogP contribution in [0.4, 0.5) is 0 Å². The molecule has 0 saturated carbocycles. The third-order valence-corrected chi connectivity index (χ3v) is 5.17. The topological polar surface area (TPSA) is 67.9 Å². The van der Waals surface area contributed by atoms with Crippen LogP contribution in [0.15, 0.2) is 30.3 Å². The van der Waals surface area contributed by atoms with E-state index in [0.717, 1.165) is 5.56 Å². The zero-order chi connectivity index (χ0) is 15.8. The number of hydrogen-bond acceptors (Lipinski definition) is 4. The van der Waals surface area contributed by atoms with Crippen molar-refractivity contribution in [2.45, 2.75) is 19.4 Å². The minimum atomic E-state index is -3.39. The number of benzene rings is 1. The Balaban J connectivity index is 1.64. The quantitative estimate of drug-likeness (QED) is 0.731. The molecule has 6 nitrogen and oxygen atoms in total. The molecule has 7 heteroatoms. The fourth-order valence-electron chi connectivity index (χ4n) is 2.23. The van der Waals surface area contributed by atoms with E-state index in [2.05, 4.69) is 4.72 Å². The summed E-state index contributed by atoms with van der Waals surface area (Å²) in [5, 5.41) is 0. The van der Waals surface area contributed by atoms with Gasteiger partial charge in [-0.15, -0.1) is 0 Å². The Morgan fingerprint density at radius 2 is 1.95 bits per heavy atom. The molecule has 0 bridgehead atoms. The van der Waals surface area contributed by atoms with Gasteiger partial charge < -0.3 is 9.47 Å². The Bertz CT molecular complexity index is 530. The van der Waals surface area contributed by atoms with E-state index in [4.69, 9.17) is 9.47 Å². The van der Waals surface area contributed by atoms with Crippen molar-refractivity contribution in [2.24, 2.45) is 0 Å². The number of morpholine rings is 1. The molecular formula is C15H24N2O4S. The van der Waals surface area contributed by atoms with Gasteiger partial charge in [-0.2, -0.15) is 12.7 Å². The van der Waals surface area contributed by atoms with Gasteiger partial charge in [0.15, 0.2) is 0 Å². The third kappa shape index (κ3) is 5.33. The van der Waals surface area contributed by atoms with Crippen molar-refractivity contribution in [1.29, 1.82) is 0 Å². The molecule has 0 radical (unpaired) electrons. The van der Waals surface area contributed by atoms with E-state index in [9.17, 15) is 8.42 Å². The van der Waals surface area contributed by atoms with Crippen molar-refractivity contribution in [3.63, 3.8) is 0 Å². The zero-order valence-corrected chi connectivity index (χ0v) is 13.7. The van der Waals surface area contributed by atoms with Crippen LogP contribution < -0.4 is 4.72 Å². The van der Waals surface area contributed by atoms with E-state index in [1.807, 2.05) is 37.3 Å². The smallest absolute Gasteiger partial charge is 0.279 e. The summed E-state index contributed by atoms with van der Waals surface area (Å²) in [6.07, 6.45) is 0.651. The first-order chi connectivity index (χ1) is 10.6. The van der Waals surface area contributed by atoms with E-state index in [0.29, 0.717) is 45.9 Å². The van der Waals surface area contributed by atoms with Gasteiger partial charge in [0.1, 0.15) is 0 Å². The molecule has 0 aliphatic carbocycles. The first-order valence-electron chi connectivity index (χ1n) is 7.58. The fourth-order valence-corrected chi connectivity index (χ4v) is 3.45. The highest BCUT2D eigenvalue weighted by atomic mass is 32.2. The Labute approximate surface area is 132 Å². The molecule has 22 heavy (non-hydrogen) atoms. The molecule has 1 atom stereocenters. The monoisotopic (exact) mass is 328 g/mol.